The molecule has 1 fully saturated rings. The van der Waals surface area contributed by atoms with E-state index in [1.165, 1.54) is 49.8 Å². The molecule has 1 aliphatic rings. The van der Waals surface area contributed by atoms with Crippen molar-refractivity contribution >= 4 is 0 Å². The van der Waals surface area contributed by atoms with Gasteiger partial charge in [-0.05, 0) is 42.9 Å². The summed E-state index contributed by atoms with van der Waals surface area (Å²) >= 11 is 0. The Balaban J connectivity index is 1.81. The molecule has 1 aromatic carbocycles. The Labute approximate surface area is 112 Å². The first kappa shape index (κ1) is 13.6. The second-order valence-corrected chi connectivity index (χ2v) is 5.60. The van der Waals surface area contributed by atoms with Crippen molar-refractivity contribution < 1.29 is 0 Å². The standard InChI is InChI=1S/C17H27N/c1-3-14-8-10-16(11-9-14)17(4-2)18-13-12-15-6-5-7-15/h8-11,15,17-18H,3-7,12-13H2,1-2H3. The molecular weight excluding hydrogens is 218 g/mol. The molecule has 0 radical (unpaired) electrons. The lowest BCUT2D eigenvalue weighted by Crippen LogP contribution is -2.25. The van der Waals surface area contributed by atoms with E-state index in [1.807, 2.05) is 0 Å². The second kappa shape index (κ2) is 6.94. The normalized spacial score (nSPS) is 17.4. The van der Waals surface area contributed by atoms with Crippen LogP contribution in [0, 0.1) is 5.92 Å². The third-order valence-electron chi connectivity index (χ3n) is 4.37. The lowest BCUT2D eigenvalue weighted by molar-refractivity contribution is 0.287. The molecular formula is C17H27N. The minimum atomic E-state index is 0.538. The van der Waals surface area contributed by atoms with Gasteiger partial charge in [0.25, 0.3) is 0 Å². The van der Waals surface area contributed by atoms with Crippen LogP contribution in [0.1, 0.15) is 63.1 Å². The third kappa shape index (κ3) is 3.58. The molecule has 0 aromatic heterocycles. The zero-order valence-electron chi connectivity index (χ0n) is 11.9. The van der Waals surface area contributed by atoms with Crippen LogP contribution in [0.2, 0.25) is 0 Å². The van der Waals surface area contributed by atoms with E-state index < -0.39 is 0 Å². The number of rotatable bonds is 7. The van der Waals surface area contributed by atoms with Crippen LogP contribution in [0.25, 0.3) is 0 Å². The molecule has 0 aliphatic heterocycles. The van der Waals surface area contributed by atoms with Gasteiger partial charge in [0.1, 0.15) is 0 Å². The van der Waals surface area contributed by atoms with Gasteiger partial charge in [0, 0.05) is 6.04 Å². The Morgan fingerprint density at radius 3 is 2.39 bits per heavy atom. The summed E-state index contributed by atoms with van der Waals surface area (Å²) in [5.74, 6) is 1.01. The first-order valence-electron chi connectivity index (χ1n) is 7.65. The van der Waals surface area contributed by atoms with Crippen molar-refractivity contribution in [1.82, 2.24) is 5.32 Å². The number of benzene rings is 1. The monoisotopic (exact) mass is 245 g/mol. The minimum Gasteiger partial charge on any atom is -0.310 e. The van der Waals surface area contributed by atoms with E-state index in [4.69, 9.17) is 0 Å². The number of aryl methyl sites for hydroxylation is 1. The largest absolute Gasteiger partial charge is 0.310 e. The van der Waals surface area contributed by atoms with E-state index in [-0.39, 0.29) is 0 Å². The summed E-state index contributed by atoms with van der Waals surface area (Å²) in [6.07, 6.45) is 8.06. The Morgan fingerprint density at radius 1 is 1.17 bits per heavy atom. The zero-order chi connectivity index (χ0) is 12.8. The molecule has 1 saturated carbocycles. The number of hydrogen-bond acceptors (Lipinski definition) is 1. The summed E-state index contributed by atoms with van der Waals surface area (Å²) in [6.45, 7) is 5.66. The average Bonchev–Trinajstić information content (AvgIpc) is 2.37. The van der Waals surface area contributed by atoms with Crippen LogP contribution in [0.4, 0.5) is 0 Å². The van der Waals surface area contributed by atoms with Gasteiger partial charge in [0.2, 0.25) is 0 Å². The molecule has 0 saturated heterocycles. The highest BCUT2D eigenvalue weighted by Gasteiger charge is 2.17. The number of hydrogen-bond donors (Lipinski definition) is 1. The van der Waals surface area contributed by atoms with Crippen LogP contribution >= 0.6 is 0 Å². The summed E-state index contributed by atoms with van der Waals surface area (Å²) < 4.78 is 0. The molecule has 18 heavy (non-hydrogen) atoms. The van der Waals surface area contributed by atoms with Gasteiger partial charge in [-0.3, -0.25) is 0 Å². The molecule has 1 aliphatic carbocycles. The van der Waals surface area contributed by atoms with Gasteiger partial charge < -0.3 is 5.32 Å². The maximum atomic E-state index is 3.72. The van der Waals surface area contributed by atoms with Gasteiger partial charge in [-0.1, -0.05) is 57.4 Å². The molecule has 1 heteroatoms. The van der Waals surface area contributed by atoms with Crippen LogP contribution < -0.4 is 5.32 Å². The second-order valence-electron chi connectivity index (χ2n) is 5.60. The highest BCUT2D eigenvalue weighted by Crippen LogP contribution is 2.29. The highest BCUT2D eigenvalue weighted by atomic mass is 14.9. The summed E-state index contributed by atoms with van der Waals surface area (Å²) in [4.78, 5) is 0. The van der Waals surface area contributed by atoms with E-state index in [1.54, 1.807) is 0 Å². The van der Waals surface area contributed by atoms with Crippen molar-refractivity contribution in [2.45, 2.75) is 58.4 Å². The molecule has 1 unspecified atom stereocenters. The van der Waals surface area contributed by atoms with Crippen LogP contribution in [0.5, 0.6) is 0 Å². The van der Waals surface area contributed by atoms with Gasteiger partial charge in [-0.2, -0.15) is 0 Å². The molecule has 1 aromatic rings. The predicted molar refractivity (Wildman–Crippen MR) is 78.8 cm³/mol. The predicted octanol–water partition coefficient (Wildman–Crippen LogP) is 4.48. The summed E-state index contributed by atoms with van der Waals surface area (Å²) in [5.41, 5.74) is 2.88. The van der Waals surface area contributed by atoms with Gasteiger partial charge in [-0.25, -0.2) is 0 Å². The topological polar surface area (TPSA) is 12.0 Å². The van der Waals surface area contributed by atoms with Crippen molar-refractivity contribution in [3.05, 3.63) is 35.4 Å². The lowest BCUT2D eigenvalue weighted by atomic mass is 9.83. The van der Waals surface area contributed by atoms with E-state index in [0.717, 1.165) is 12.3 Å². The summed E-state index contributed by atoms with van der Waals surface area (Å²) in [6, 6.07) is 9.67. The van der Waals surface area contributed by atoms with Gasteiger partial charge >= 0.3 is 0 Å². The Morgan fingerprint density at radius 2 is 1.89 bits per heavy atom. The van der Waals surface area contributed by atoms with Crippen molar-refractivity contribution in [1.29, 1.82) is 0 Å². The fourth-order valence-corrected chi connectivity index (χ4v) is 2.73. The molecule has 0 bridgehead atoms. The Bertz CT molecular complexity index is 337. The van der Waals surface area contributed by atoms with Crippen LogP contribution in [-0.2, 0) is 6.42 Å². The zero-order valence-corrected chi connectivity index (χ0v) is 11.9. The molecule has 1 atom stereocenters. The molecule has 0 spiro atoms. The quantitative estimate of drug-likeness (QED) is 0.747. The van der Waals surface area contributed by atoms with Crippen molar-refractivity contribution in [2.75, 3.05) is 6.54 Å². The molecule has 1 nitrogen and oxygen atoms in total. The fourth-order valence-electron chi connectivity index (χ4n) is 2.73. The average molecular weight is 245 g/mol. The van der Waals surface area contributed by atoms with Crippen molar-refractivity contribution in [2.24, 2.45) is 5.92 Å². The van der Waals surface area contributed by atoms with E-state index in [9.17, 15) is 0 Å². The van der Waals surface area contributed by atoms with Crippen LogP contribution in [0.15, 0.2) is 24.3 Å². The molecule has 0 heterocycles. The van der Waals surface area contributed by atoms with Crippen molar-refractivity contribution in [3.8, 4) is 0 Å². The highest BCUT2D eigenvalue weighted by molar-refractivity contribution is 5.24. The van der Waals surface area contributed by atoms with Crippen LogP contribution in [-0.4, -0.2) is 6.54 Å². The summed E-state index contributed by atoms with van der Waals surface area (Å²) in [5, 5.41) is 3.72. The first-order valence-corrected chi connectivity index (χ1v) is 7.65. The van der Waals surface area contributed by atoms with E-state index in [0.29, 0.717) is 6.04 Å². The van der Waals surface area contributed by atoms with Crippen LogP contribution in [0.3, 0.4) is 0 Å². The Hall–Kier alpha value is -0.820. The maximum Gasteiger partial charge on any atom is 0.0317 e. The fraction of sp³-hybridized carbons (Fsp3) is 0.647. The van der Waals surface area contributed by atoms with E-state index >= 15 is 0 Å². The smallest absolute Gasteiger partial charge is 0.0317 e. The minimum absolute atomic E-state index is 0.538. The lowest BCUT2D eigenvalue weighted by Gasteiger charge is -2.26. The van der Waals surface area contributed by atoms with Gasteiger partial charge in [-0.15, -0.1) is 0 Å². The van der Waals surface area contributed by atoms with Crippen molar-refractivity contribution in [3.63, 3.8) is 0 Å². The molecule has 0 amide bonds. The molecule has 2 rings (SSSR count). The van der Waals surface area contributed by atoms with E-state index in [2.05, 4.69) is 43.4 Å². The first-order chi connectivity index (χ1) is 8.83. The molecule has 100 valence electrons. The SMILES string of the molecule is CCc1ccc(C(CC)NCCC2CCC2)cc1. The number of nitrogens with one attached hydrogen (secondary N) is 1. The maximum absolute atomic E-state index is 3.72. The summed E-state index contributed by atoms with van der Waals surface area (Å²) in [7, 11) is 0. The van der Waals surface area contributed by atoms with Gasteiger partial charge in [0.15, 0.2) is 0 Å². The van der Waals surface area contributed by atoms with Gasteiger partial charge in [0.05, 0.1) is 0 Å². The molecule has 1 N–H and O–H groups in total. The Kier molecular flexibility index (Phi) is 5.25. The third-order valence-corrected chi connectivity index (χ3v) is 4.37.